The Morgan fingerprint density at radius 3 is 2.19 bits per heavy atom. The first-order valence-electron chi connectivity index (χ1n) is 9.87. The maximum absolute atomic E-state index is 13.1. The van der Waals surface area contributed by atoms with Crippen LogP contribution >= 0.6 is 0 Å². The molecule has 5 heteroatoms. The van der Waals surface area contributed by atoms with E-state index in [9.17, 15) is 14.4 Å². The molecule has 0 spiro atoms. The third-order valence-corrected chi connectivity index (χ3v) is 6.50. The Morgan fingerprint density at radius 2 is 1.63 bits per heavy atom. The minimum atomic E-state index is -0.385. The summed E-state index contributed by atoms with van der Waals surface area (Å²) >= 11 is 0. The molecule has 1 aromatic carbocycles. The summed E-state index contributed by atoms with van der Waals surface area (Å²) < 4.78 is 0. The number of hydrogen-bond donors (Lipinski definition) is 1. The fourth-order valence-corrected chi connectivity index (χ4v) is 5.72. The van der Waals surface area contributed by atoms with Crippen LogP contribution in [0.2, 0.25) is 0 Å². The van der Waals surface area contributed by atoms with Crippen molar-refractivity contribution in [3.63, 3.8) is 0 Å². The van der Waals surface area contributed by atoms with Gasteiger partial charge in [0.2, 0.25) is 5.91 Å². The van der Waals surface area contributed by atoms with Crippen LogP contribution in [0.25, 0.3) is 6.08 Å². The second-order valence-electron chi connectivity index (χ2n) is 8.50. The zero-order valence-electron chi connectivity index (χ0n) is 15.5. The quantitative estimate of drug-likeness (QED) is 0.495. The van der Waals surface area contributed by atoms with E-state index < -0.39 is 0 Å². The van der Waals surface area contributed by atoms with Gasteiger partial charge in [-0.15, -0.1) is 0 Å². The van der Waals surface area contributed by atoms with Gasteiger partial charge < -0.3 is 4.79 Å². The number of amides is 2. The standard InChI is InChI=1S/C22H26N2O3/c25-9-8-24(20(26)7-6-16-4-2-1-3-5-16)23-21(27)22-13-17-10-18(14-22)12-19(11-17)15-22/h1-7,9,17-19H,8,10-15H2,(H,23,27). The average molecular weight is 366 g/mol. The van der Waals surface area contributed by atoms with Crippen LogP contribution in [0.15, 0.2) is 36.4 Å². The van der Waals surface area contributed by atoms with Crippen molar-refractivity contribution in [1.82, 2.24) is 10.4 Å². The van der Waals surface area contributed by atoms with Crippen molar-refractivity contribution in [2.24, 2.45) is 23.2 Å². The molecule has 4 aliphatic rings. The van der Waals surface area contributed by atoms with Gasteiger partial charge in [-0.3, -0.25) is 15.0 Å². The summed E-state index contributed by atoms with van der Waals surface area (Å²) in [6.45, 7) is -0.143. The van der Waals surface area contributed by atoms with E-state index in [0.29, 0.717) is 24.0 Å². The molecule has 1 aromatic rings. The van der Waals surface area contributed by atoms with Crippen LogP contribution in [-0.2, 0) is 14.4 Å². The monoisotopic (exact) mass is 366 g/mol. The molecule has 4 saturated carbocycles. The molecule has 0 unspecified atom stereocenters. The first kappa shape index (κ1) is 18.0. The summed E-state index contributed by atoms with van der Waals surface area (Å²) in [5.74, 6) is 1.48. The highest BCUT2D eigenvalue weighted by molar-refractivity contribution is 5.95. The Morgan fingerprint density at radius 1 is 1.04 bits per heavy atom. The van der Waals surface area contributed by atoms with E-state index in [0.717, 1.165) is 29.8 Å². The largest absolute Gasteiger partial charge is 0.301 e. The smallest absolute Gasteiger partial charge is 0.265 e. The lowest BCUT2D eigenvalue weighted by Crippen LogP contribution is -2.57. The number of hydrogen-bond acceptors (Lipinski definition) is 3. The number of nitrogens with one attached hydrogen (secondary N) is 1. The van der Waals surface area contributed by atoms with Crippen molar-refractivity contribution in [3.8, 4) is 0 Å². The van der Waals surface area contributed by atoms with Gasteiger partial charge in [0.05, 0.1) is 12.0 Å². The highest BCUT2D eigenvalue weighted by Crippen LogP contribution is 2.60. The Hall–Kier alpha value is -2.43. The number of hydrazine groups is 1. The minimum absolute atomic E-state index is 0.0788. The van der Waals surface area contributed by atoms with Gasteiger partial charge in [0.25, 0.3) is 5.91 Å². The number of carbonyl (C=O) groups is 3. The Kier molecular flexibility index (Phi) is 4.85. The van der Waals surface area contributed by atoms with Crippen LogP contribution in [0.3, 0.4) is 0 Å². The molecule has 0 atom stereocenters. The lowest BCUT2D eigenvalue weighted by molar-refractivity contribution is -0.155. The van der Waals surface area contributed by atoms with Crippen LogP contribution in [-0.4, -0.2) is 29.7 Å². The summed E-state index contributed by atoms with van der Waals surface area (Å²) in [5.41, 5.74) is 3.32. The van der Waals surface area contributed by atoms with Gasteiger partial charge in [0, 0.05) is 6.08 Å². The predicted octanol–water partition coefficient (Wildman–Crippen LogP) is 2.97. The molecule has 4 bridgehead atoms. The summed E-state index contributed by atoms with van der Waals surface area (Å²) in [6, 6.07) is 9.47. The molecule has 0 aromatic heterocycles. The lowest BCUT2D eigenvalue weighted by Gasteiger charge is -2.55. The Balaban J connectivity index is 1.45. The fourth-order valence-electron chi connectivity index (χ4n) is 5.72. The van der Waals surface area contributed by atoms with Crippen molar-refractivity contribution in [3.05, 3.63) is 42.0 Å². The second kappa shape index (κ2) is 7.29. The van der Waals surface area contributed by atoms with Gasteiger partial charge in [0.15, 0.2) is 0 Å². The minimum Gasteiger partial charge on any atom is -0.301 e. The van der Waals surface area contributed by atoms with Gasteiger partial charge in [-0.2, -0.15) is 0 Å². The first-order valence-corrected chi connectivity index (χ1v) is 9.87. The van der Waals surface area contributed by atoms with Crippen LogP contribution in [0, 0.1) is 23.2 Å². The van der Waals surface area contributed by atoms with E-state index >= 15 is 0 Å². The predicted molar refractivity (Wildman–Crippen MR) is 102 cm³/mol. The molecule has 1 N–H and O–H groups in total. The zero-order valence-corrected chi connectivity index (χ0v) is 15.5. The molecule has 5 nitrogen and oxygen atoms in total. The summed E-state index contributed by atoms with van der Waals surface area (Å²) in [5, 5.41) is 1.15. The molecule has 4 fully saturated rings. The van der Waals surface area contributed by atoms with E-state index in [-0.39, 0.29) is 23.8 Å². The second-order valence-corrected chi connectivity index (χ2v) is 8.50. The SMILES string of the molecule is O=CCN(NC(=O)C12CC3CC(CC(C3)C1)C2)C(=O)C=Cc1ccccc1. The molecule has 0 radical (unpaired) electrons. The highest BCUT2D eigenvalue weighted by Gasteiger charge is 2.54. The van der Waals surface area contributed by atoms with Crippen molar-refractivity contribution in [1.29, 1.82) is 0 Å². The third-order valence-electron chi connectivity index (χ3n) is 6.50. The zero-order chi connectivity index (χ0) is 18.9. The molecule has 5 rings (SSSR count). The molecule has 0 saturated heterocycles. The van der Waals surface area contributed by atoms with E-state index in [1.807, 2.05) is 30.3 Å². The van der Waals surface area contributed by atoms with E-state index in [1.54, 1.807) is 6.08 Å². The normalized spacial score (nSPS) is 31.0. The van der Waals surface area contributed by atoms with Crippen LogP contribution in [0.5, 0.6) is 0 Å². The van der Waals surface area contributed by atoms with E-state index in [4.69, 9.17) is 0 Å². The maximum Gasteiger partial charge on any atom is 0.265 e. The van der Waals surface area contributed by atoms with Gasteiger partial charge in [0.1, 0.15) is 6.29 Å². The number of carbonyl (C=O) groups excluding carboxylic acids is 3. The van der Waals surface area contributed by atoms with E-state index in [2.05, 4.69) is 5.43 Å². The lowest BCUT2D eigenvalue weighted by atomic mass is 9.49. The number of benzene rings is 1. The van der Waals surface area contributed by atoms with Crippen LogP contribution < -0.4 is 5.43 Å². The van der Waals surface area contributed by atoms with Crippen LogP contribution in [0.1, 0.15) is 44.1 Å². The summed E-state index contributed by atoms with van der Waals surface area (Å²) in [6.07, 6.45) is 10.3. The molecule has 2 amide bonds. The molecular weight excluding hydrogens is 340 g/mol. The first-order chi connectivity index (χ1) is 13.1. The van der Waals surface area contributed by atoms with Crippen molar-refractivity contribution in [2.75, 3.05) is 6.54 Å². The molecule has 142 valence electrons. The third kappa shape index (κ3) is 3.68. The number of aldehydes is 1. The molecule has 27 heavy (non-hydrogen) atoms. The van der Waals surface area contributed by atoms with Gasteiger partial charge in [-0.1, -0.05) is 30.3 Å². The van der Waals surface area contributed by atoms with Crippen molar-refractivity contribution >= 4 is 24.2 Å². The Bertz CT molecular complexity index is 721. The molecule has 0 heterocycles. The maximum atomic E-state index is 13.1. The molecule has 0 aliphatic heterocycles. The Labute approximate surface area is 159 Å². The van der Waals surface area contributed by atoms with Crippen molar-refractivity contribution < 1.29 is 14.4 Å². The fraction of sp³-hybridized carbons (Fsp3) is 0.500. The van der Waals surface area contributed by atoms with Gasteiger partial charge >= 0.3 is 0 Å². The summed E-state index contributed by atoms with van der Waals surface area (Å²) in [7, 11) is 0. The highest BCUT2D eigenvalue weighted by atomic mass is 16.2. The van der Waals surface area contributed by atoms with Gasteiger partial charge in [-0.25, -0.2) is 5.01 Å². The average Bonchev–Trinajstić information content (AvgIpc) is 2.65. The molecular formula is C22H26N2O3. The van der Waals surface area contributed by atoms with E-state index in [1.165, 1.54) is 25.3 Å². The van der Waals surface area contributed by atoms with Crippen LogP contribution in [0.4, 0.5) is 0 Å². The topological polar surface area (TPSA) is 66.5 Å². The molecule has 4 aliphatic carbocycles. The number of nitrogens with zero attached hydrogens (tertiary/aromatic N) is 1. The number of rotatable bonds is 5. The summed E-state index contributed by atoms with van der Waals surface area (Å²) in [4.78, 5) is 36.7. The van der Waals surface area contributed by atoms with Crippen molar-refractivity contribution in [2.45, 2.75) is 38.5 Å². The van der Waals surface area contributed by atoms with Gasteiger partial charge in [-0.05, 0) is 67.9 Å².